The first-order valence-electron chi connectivity index (χ1n) is 10.4. The first-order valence-corrected chi connectivity index (χ1v) is 10.4. The third-order valence-corrected chi connectivity index (χ3v) is 5.08. The molecular weight excluding hydrogens is 390 g/mol. The van der Waals surface area contributed by atoms with Crippen molar-refractivity contribution in [3.8, 4) is 17.2 Å². The molecule has 0 spiro atoms. The number of aromatic nitrogens is 2. The van der Waals surface area contributed by atoms with E-state index in [4.69, 9.17) is 14.5 Å². The van der Waals surface area contributed by atoms with Crippen molar-refractivity contribution in [2.24, 2.45) is 12.0 Å². The summed E-state index contributed by atoms with van der Waals surface area (Å²) in [6, 6.07) is 15.5. The van der Waals surface area contributed by atoms with Crippen LogP contribution in [0.3, 0.4) is 0 Å². The Bertz CT molecular complexity index is 1020. The van der Waals surface area contributed by atoms with E-state index in [2.05, 4.69) is 29.6 Å². The van der Waals surface area contributed by atoms with E-state index in [-0.39, 0.29) is 0 Å². The zero-order chi connectivity index (χ0) is 22.2. The van der Waals surface area contributed by atoms with Gasteiger partial charge in [0.15, 0.2) is 17.5 Å². The Hall–Kier alpha value is -3.48. The van der Waals surface area contributed by atoms with Crippen LogP contribution in [0.4, 0.5) is 0 Å². The number of benzene rings is 2. The molecule has 2 N–H and O–H groups in total. The molecule has 0 unspecified atom stereocenters. The molecule has 0 aliphatic heterocycles. The Labute approximate surface area is 184 Å². The number of rotatable bonds is 8. The van der Waals surface area contributed by atoms with E-state index in [9.17, 15) is 0 Å². The van der Waals surface area contributed by atoms with Crippen LogP contribution in [0.25, 0.3) is 0 Å². The highest BCUT2D eigenvalue weighted by Crippen LogP contribution is 2.30. The number of para-hydroxylation sites is 2. The van der Waals surface area contributed by atoms with Crippen LogP contribution in [0.15, 0.2) is 53.5 Å². The molecule has 1 heterocycles. The number of methoxy groups -OCH3 is 1. The highest BCUT2D eigenvalue weighted by Gasteiger charge is 2.10. The molecule has 0 atom stereocenters. The van der Waals surface area contributed by atoms with Gasteiger partial charge in [-0.1, -0.05) is 24.3 Å². The molecule has 0 amide bonds. The van der Waals surface area contributed by atoms with Gasteiger partial charge in [-0.3, -0.25) is 4.68 Å². The SMILES string of the molecule is CCNC(=NCc1ccc(Oc2ccccc2OC)cc1)NCc1c(C)nn(C)c1C. The molecule has 3 aromatic rings. The van der Waals surface area contributed by atoms with Crippen LogP contribution in [0, 0.1) is 13.8 Å². The maximum Gasteiger partial charge on any atom is 0.191 e. The molecular formula is C24H31N5O2. The van der Waals surface area contributed by atoms with E-state index in [0.29, 0.717) is 24.6 Å². The minimum Gasteiger partial charge on any atom is -0.493 e. The monoisotopic (exact) mass is 421 g/mol. The quantitative estimate of drug-likeness (QED) is 0.423. The molecule has 0 aliphatic carbocycles. The maximum atomic E-state index is 5.94. The number of aliphatic imine (C=N–C) groups is 1. The van der Waals surface area contributed by atoms with Crippen molar-refractivity contribution in [3.05, 3.63) is 71.0 Å². The standard InChI is InChI=1S/C24H31N5O2/c1-6-25-24(27-16-21-17(2)28-29(4)18(21)3)26-15-19-11-13-20(14-12-19)31-23-10-8-7-9-22(23)30-5/h7-14H,6,15-16H2,1-5H3,(H2,25,26,27). The van der Waals surface area contributed by atoms with Gasteiger partial charge in [0, 0.05) is 31.4 Å². The number of guanidine groups is 1. The minimum atomic E-state index is 0.565. The molecule has 0 bridgehead atoms. The molecule has 7 nitrogen and oxygen atoms in total. The van der Waals surface area contributed by atoms with E-state index >= 15 is 0 Å². The van der Waals surface area contributed by atoms with Crippen molar-refractivity contribution >= 4 is 5.96 Å². The van der Waals surface area contributed by atoms with Crippen molar-refractivity contribution < 1.29 is 9.47 Å². The van der Waals surface area contributed by atoms with Crippen LogP contribution in [0.2, 0.25) is 0 Å². The molecule has 0 saturated heterocycles. The lowest BCUT2D eigenvalue weighted by Gasteiger charge is -2.12. The zero-order valence-electron chi connectivity index (χ0n) is 18.9. The van der Waals surface area contributed by atoms with Gasteiger partial charge >= 0.3 is 0 Å². The molecule has 1 aromatic heterocycles. The molecule has 0 radical (unpaired) electrons. The summed E-state index contributed by atoms with van der Waals surface area (Å²) in [7, 11) is 3.60. The zero-order valence-corrected chi connectivity index (χ0v) is 18.9. The van der Waals surface area contributed by atoms with Crippen molar-refractivity contribution in [3.63, 3.8) is 0 Å². The first-order chi connectivity index (χ1) is 15.0. The average Bonchev–Trinajstić information content (AvgIpc) is 3.02. The number of aryl methyl sites for hydroxylation is 2. The lowest BCUT2D eigenvalue weighted by Crippen LogP contribution is -2.37. The Morgan fingerprint density at radius 1 is 1.03 bits per heavy atom. The van der Waals surface area contributed by atoms with Gasteiger partial charge in [0.25, 0.3) is 0 Å². The number of nitrogens with one attached hydrogen (secondary N) is 2. The third-order valence-electron chi connectivity index (χ3n) is 5.08. The Morgan fingerprint density at radius 2 is 1.74 bits per heavy atom. The van der Waals surface area contributed by atoms with Crippen molar-refractivity contribution in [2.75, 3.05) is 13.7 Å². The van der Waals surface area contributed by atoms with Crippen LogP contribution in [0.5, 0.6) is 17.2 Å². The average molecular weight is 422 g/mol. The van der Waals surface area contributed by atoms with Gasteiger partial charge in [-0.05, 0) is 50.6 Å². The summed E-state index contributed by atoms with van der Waals surface area (Å²) >= 11 is 0. The number of hydrogen-bond donors (Lipinski definition) is 2. The minimum absolute atomic E-state index is 0.565. The second-order valence-electron chi connectivity index (χ2n) is 7.22. The van der Waals surface area contributed by atoms with Crippen molar-refractivity contribution in [1.29, 1.82) is 0 Å². The molecule has 31 heavy (non-hydrogen) atoms. The molecule has 164 valence electrons. The highest BCUT2D eigenvalue weighted by molar-refractivity contribution is 5.79. The fourth-order valence-electron chi connectivity index (χ4n) is 3.25. The van der Waals surface area contributed by atoms with E-state index in [1.54, 1.807) is 7.11 Å². The summed E-state index contributed by atoms with van der Waals surface area (Å²) < 4.78 is 13.2. The summed E-state index contributed by atoms with van der Waals surface area (Å²) in [5.74, 6) is 2.93. The van der Waals surface area contributed by atoms with Gasteiger partial charge in [-0.15, -0.1) is 0 Å². The predicted octanol–water partition coefficient (Wildman–Crippen LogP) is 4.09. The Balaban J connectivity index is 1.62. The van der Waals surface area contributed by atoms with Gasteiger partial charge in [-0.25, -0.2) is 4.99 Å². The fourth-order valence-corrected chi connectivity index (χ4v) is 3.25. The van der Waals surface area contributed by atoms with Gasteiger partial charge in [0.1, 0.15) is 5.75 Å². The van der Waals surface area contributed by atoms with Gasteiger partial charge < -0.3 is 20.1 Å². The lowest BCUT2D eigenvalue weighted by atomic mass is 10.2. The third kappa shape index (κ3) is 5.78. The normalized spacial score (nSPS) is 11.3. The van der Waals surface area contributed by atoms with E-state index in [1.807, 2.05) is 67.2 Å². The van der Waals surface area contributed by atoms with Crippen molar-refractivity contribution in [2.45, 2.75) is 33.9 Å². The van der Waals surface area contributed by atoms with Crippen LogP contribution < -0.4 is 20.1 Å². The van der Waals surface area contributed by atoms with Gasteiger partial charge in [0.05, 0.1) is 19.3 Å². The molecule has 3 rings (SSSR count). The summed E-state index contributed by atoms with van der Waals surface area (Å²) in [5, 5.41) is 11.2. The highest BCUT2D eigenvalue weighted by atomic mass is 16.5. The van der Waals surface area contributed by atoms with E-state index < -0.39 is 0 Å². The number of nitrogens with zero attached hydrogens (tertiary/aromatic N) is 3. The van der Waals surface area contributed by atoms with Gasteiger partial charge in [0.2, 0.25) is 0 Å². The molecule has 0 fully saturated rings. The van der Waals surface area contributed by atoms with Crippen LogP contribution in [-0.4, -0.2) is 29.4 Å². The van der Waals surface area contributed by atoms with Crippen molar-refractivity contribution in [1.82, 2.24) is 20.4 Å². The van der Waals surface area contributed by atoms with E-state index in [1.165, 1.54) is 5.56 Å². The second kappa shape index (κ2) is 10.5. The second-order valence-corrected chi connectivity index (χ2v) is 7.22. The Morgan fingerprint density at radius 3 is 2.35 bits per heavy atom. The summed E-state index contributed by atoms with van der Waals surface area (Å²) in [6.45, 7) is 8.21. The smallest absolute Gasteiger partial charge is 0.191 e. The van der Waals surface area contributed by atoms with Crippen LogP contribution >= 0.6 is 0 Å². The predicted molar refractivity (Wildman–Crippen MR) is 124 cm³/mol. The largest absolute Gasteiger partial charge is 0.493 e. The van der Waals surface area contributed by atoms with Gasteiger partial charge in [-0.2, -0.15) is 5.10 Å². The molecule has 7 heteroatoms. The fraction of sp³-hybridized carbons (Fsp3) is 0.333. The first kappa shape index (κ1) is 22.2. The maximum absolute atomic E-state index is 5.94. The van der Waals surface area contributed by atoms with E-state index in [0.717, 1.165) is 35.2 Å². The Kier molecular flexibility index (Phi) is 7.54. The topological polar surface area (TPSA) is 72.7 Å². The summed E-state index contributed by atoms with van der Waals surface area (Å²) in [5.41, 5.74) is 4.49. The lowest BCUT2D eigenvalue weighted by molar-refractivity contribution is 0.379. The summed E-state index contributed by atoms with van der Waals surface area (Å²) in [6.07, 6.45) is 0. The molecule has 2 aromatic carbocycles. The number of ether oxygens (including phenoxy) is 2. The van der Waals surface area contributed by atoms with Crippen LogP contribution in [0.1, 0.15) is 29.4 Å². The van der Waals surface area contributed by atoms with Crippen LogP contribution in [-0.2, 0) is 20.1 Å². The molecule has 0 aliphatic rings. The number of hydrogen-bond acceptors (Lipinski definition) is 4. The molecule has 0 saturated carbocycles. The summed E-state index contributed by atoms with van der Waals surface area (Å²) in [4.78, 5) is 4.71.